The zero-order valence-electron chi connectivity index (χ0n) is 13.6. The molecule has 0 aromatic heterocycles. The number of benzene rings is 1. The van der Waals surface area contributed by atoms with Crippen molar-refractivity contribution < 1.29 is 0 Å². The molecular weight excluding hydrogens is 256 g/mol. The molecule has 0 spiro atoms. The minimum atomic E-state index is 0.697. The summed E-state index contributed by atoms with van der Waals surface area (Å²) in [4.78, 5) is 2.64. The summed E-state index contributed by atoms with van der Waals surface area (Å²) in [7, 11) is 0. The maximum Gasteiger partial charge on any atom is 0.0234 e. The predicted molar refractivity (Wildman–Crippen MR) is 89.4 cm³/mol. The Hall–Kier alpha value is -0.860. The van der Waals surface area contributed by atoms with Gasteiger partial charge in [0.15, 0.2) is 0 Å². The van der Waals surface area contributed by atoms with Crippen molar-refractivity contribution in [2.24, 2.45) is 5.92 Å². The summed E-state index contributed by atoms with van der Waals surface area (Å²) >= 11 is 0. The third-order valence-corrected chi connectivity index (χ3v) is 5.09. The van der Waals surface area contributed by atoms with E-state index >= 15 is 0 Å². The van der Waals surface area contributed by atoms with E-state index in [0.29, 0.717) is 6.04 Å². The first kappa shape index (κ1) is 15.1. The molecule has 1 saturated carbocycles. The van der Waals surface area contributed by atoms with Crippen molar-refractivity contribution in [3.05, 3.63) is 35.4 Å². The molecule has 3 rings (SSSR count). The van der Waals surface area contributed by atoms with E-state index in [9.17, 15) is 0 Å². The first-order chi connectivity index (χ1) is 10.2. The first-order valence-corrected chi connectivity index (χ1v) is 8.73. The van der Waals surface area contributed by atoms with Crippen molar-refractivity contribution in [2.75, 3.05) is 13.1 Å². The number of aryl methyl sites for hydroxylation is 1. The van der Waals surface area contributed by atoms with Crippen LogP contribution in [0.15, 0.2) is 24.3 Å². The minimum Gasteiger partial charge on any atom is -0.310 e. The summed E-state index contributed by atoms with van der Waals surface area (Å²) in [5.74, 6) is 0.808. The Balaban J connectivity index is 1.55. The summed E-state index contributed by atoms with van der Waals surface area (Å²) < 4.78 is 0. The number of likely N-dealkylation sites (tertiary alicyclic amines) is 1. The lowest BCUT2D eigenvalue weighted by Gasteiger charge is -2.38. The molecule has 1 aromatic rings. The highest BCUT2D eigenvalue weighted by Gasteiger charge is 2.27. The van der Waals surface area contributed by atoms with Crippen LogP contribution < -0.4 is 5.32 Å². The summed E-state index contributed by atoms with van der Waals surface area (Å²) in [6.07, 6.45) is 6.98. The number of nitrogens with one attached hydrogen (secondary N) is 1. The molecule has 1 heterocycles. The van der Waals surface area contributed by atoms with Crippen LogP contribution in [-0.2, 0) is 6.54 Å². The van der Waals surface area contributed by atoms with E-state index < -0.39 is 0 Å². The molecule has 0 amide bonds. The van der Waals surface area contributed by atoms with Crippen molar-refractivity contribution >= 4 is 0 Å². The van der Waals surface area contributed by atoms with Gasteiger partial charge in [-0.2, -0.15) is 0 Å². The van der Waals surface area contributed by atoms with Crippen LogP contribution >= 0.6 is 0 Å². The summed E-state index contributed by atoms with van der Waals surface area (Å²) in [5.41, 5.74) is 2.81. The maximum absolute atomic E-state index is 3.93. The van der Waals surface area contributed by atoms with E-state index in [4.69, 9.17) is 0 Å². The van der Waals surface area contributed by atoms with Crippen LogP contribution in [0.3, 0.4) is 0 Å². The lowest BCUT2D eigenvalue weighted by Crippen LogP contribution is -2.50. The summed E-state index contributed by atoms with van der Waals surface area (Å²) in [6, 6.07) is 10.5. The van der Waals surface area contributed by atoms with Crippen molar-refractivity contribution in [1.29, 1.82) is 0 Å². The van der Waals surface area contributed by atoms with Crippen molar-refractivity contribution in [3.8, 4) is 0 Å². The molecule has 2 nitrogen and oxygen atoms in total. The summed E-state index contributed by atoms with van der Waals surface area (Å²) in [5, 5.41) is 3.93. The van der Waals surface area contributed by atoms with Crippen molar-refractivity contribution in [2.45, 2.75) is 64.6 Å². The molecule has 1 aliphatic carbocycles. The molecule has 21 heavy (non-hydrogen) atoms. The van der Waals surface area contributed by atoms with Gasteiger partial charge in [0.2, 0.25) is 0 Å². The van der Waals surface area contributed by atoms with E-state index in [1.165, 1.54) is 56.3 Å². The van der Waals surface area contributed by atoms with E-state index in [1.54, 1.807) is 0 Å². The fraction of sp³-hybridized carbons (Fsp3) is 0.684. The molecular formula is C19H30N2. The molecule has 2 unspecified atom stereocenters. The highest BCUT2D eigenvalue weighted by atomic mass is 15.2. The predicted octanol–water partition coefficient (Wildman–Crippen LogP) is 3.74. The standard InChI is InChI=1S/C19H30N2/c1-15-7-9-17(10-8-15)13-21-12-16(2)11-19(14-21)20-18-5-3-4-6-18/h7-10,16,18-20H,3-6,11-14H2,1-2H3. The zero-order chi connectivity index (χ0) is 14.7. The van der Waals surface area contributed by atoms with Crippen LogP contribution in [0, 0.1) is 12.8 Å². The third kappa shape index (κ3) is 4.31. The molecule has 0 radical (unpaired) electrons. The second-order valence-electron chi connectivity index (χ2n) is 7.37. The Labute approximate surface area is 129 Å². The van der Waals surface area contributed by atoms with Gasteiger partial charge in [-0.1, -0.05) is 49.6 Å². The van der Waals surface area contributed by atoms with Crippen molar-refractivity contribution in [1.82, 2.24) is 10.2 Å². The molecule has 2 atom stereocenters. The Kier molecular flexibility index (Phi) is 4.97. The lowest BCUT2D eigenvalue weighted by molar-refractivity contribution is 0.136. The van der Waals surface area contributed by atoms with Crippen molar-refractivity contribution in [3.63, 3.8) is 0 Å². The quantitative estimate of drug-likeness (QED) is 0.907. The zero-order valence-corrected chi connectivity index (χ0v) is 13.6. The Morgan fingerprint density at radius 2 is 1.76 bits per heavy atom. The fourth-order valence-corrected chi connectivity index (χ4v) is 4.09. The van der Waals surface area contributed by atoms with Gasteiger partial charge < -0.3 is 5.32 Å². The molecule has 2 fully saturated rings. The normalized spacial score (nSPS) is 28.1. The molecule has 1 saturated heterocycles. The molecule has 1 N–H and O–H groups in total. The van der Waals surface area contributed by atoms with Gasteiger partial charge in [-0.05, 0) is 37.7 Å². The monoisotopic (exact) mass is 286 g/mol. The number of hydrogen-bond acceptors (Lipinski definition) is 2. The topological polar surface area (TPSA) is 15.3 Å². The Morgan fingerprint density at radius 3 is 2.48 bits per heavy atom. The highest BCUT2D eigenvalue weighted by Crippen LogP contribution is 2.23. The second-order valence-corrected chi connectivity index (χ2v) is 7.37. The number of nitrogens with zero attached hydrogens (tertiary/aromatic N) is 1. The third-order valence-electron chi connectivity index (χ3n) is 5.09. The minimum absolute atomic E-state index is 0.697. The van der Waals surface area contributed by atoms with Crippen LogP contribution in [0.2, 0.25) is 0 Å². The Morgan fingerprint density at radius 1 is 1.05 bits per heavy atom. The van der Waals surface area contributed by atoms with Gasteiger partial charge in [-0.25, -0.2) is 0 Å². The first-order valence-electron chi connectivity index (χ1n) is 8.73. The average Bonchev–Trinajstić information content (AvgIpc) is 2.93. The largest absolute Gasteiger partial charge is 0.310 e. The fourth-order valence-electron chi connectivity index (χ4n) is 4.09. The van der Waals surface area contributed by atoms with Gasteiger partial charge in [0.25, 0.3) is 0 Å². The molecule has 1 aliphatic heterocycles. The summed E-state index contributed by atoms with van der Waals surface area (Å²) in [6.45, 7) is 8.14. The molecule has 2 heteroatoms. The van der Waals surface area contributed by atoms with E-state index in [0.717, 1.165) is 18.5 Å². The number of rotatable bonds is 4. The maximum atomic E-state index is 3.93. The number of hydrogen-bond donors (Lipinski definition) is 1. The van der Waals surface area contributed by atoms with E-state index in [-0.39, 0.29) is 0 Å². The van der Waals surface area contributed by atoms with Gasteiger partial charge in [-0.3, -0.25) is 4.90 Å². The van der Waals surface area contributed by atoms with Crippen LogP contribution in [-0.4, -0.2) is 30.1 Å². The van der Waals surface area contributed by atoms with Gasteiger partial charge in [0.1, 0.15) is 0 Å². The molecule has 1 aromatic carbocycles. The Bertz CT molecular complexity index is 433. The van der Waals surface area contributed by atoms with Crippen LogP contribution in [0.25, 0.3) is 0 Å². The highest BCUT2D eigenvalue weighted by molar-refractivity contribution is 5.21. The van der Waals surface area contributed by atoms with Crippen LogP contribution in [0.1, 0.15) is 50.2 Å². The van der Waals surface area contributed by atoms with Gasteiger partial charge in [0.05, 0.1) is 0 Å². The van der Waals surface area contributed by atoms with E-state index in [2.05, 4.69) is 48.3 Å². The van der Waals surface area contributed by atoms with Gasteiger partial charge in [0, 0.05) is 31.7 Å². The molecule has 116 valence electrons. The smallest absolute Gasteiger partial charge is 0.0234 e. The average molecular weight is 286 g/mol. The van der Waals surface area contributed by atoms with Gasteiger partial charge >= 0.3 is 0 Å². The molecule has 2 aliphatic rings. The van der Waals surface area contributed by atoms with Crippen LogP contribution in [0.4, 0.5) is 0 Å². The number of piperidine rings is 1. The molecule has 0 bridgehead atoms. The SMILES string of the molecule is Cc1ccc(CN2CC(C)CC(NC3CCCC3)C2)cc1. The van der Waals surface area contributed by atoms with Gasteiger partial charge in [-0.15, -0.1) is 0 Å². The second kappa shape index (κ2) is 6.93. The van der Waals surface area contributed by atoms with Crippen LogP contribution in [0.5, 0.6) is 0 Å². The lowest BCUT2D eigenvalue weighted by atomic mass is 9.94. The van der Waals surface area contributed by atoms with E-state index in [1.807, 2.05) is 0 Å².